The summed E-state index contributed by atoms with van der Waals surface area (Å²) in [6.07, 6.45) is 1.77. The maximum Gasteiger partial charge on any atom is 0.258 e. The fourth-order valence-electron chi connectivity index (χ4n) is 3.17. The molecule has 0 saturated heterocycles. The van der Waals surface area contributed by atoms with Crippen LogP contribution in [0.3, 0.4) is 0 Å². The highest BCUT2D eigenvalue weighted by Crippen LogP contribution is 2.30. The van der Waals surface area contributed by atoms with Gasteiger partial charge in [-0.2, -0.15) is 0 Å². The number of hydrogen-bond donors (Lipinski definition) is 3. The van der Waals surface area contributed by atoms with Crippen molar-refractivity contribution in [1.29, 1.82) is 0 Å². The summed E-state index contributed by atoms with van der Waals surface area (Å²) >= 11 is 0. The first-order chi connectivity index (χ1) is 13.2. The van der Waals surface area contributed by atoms with Gasteiger partial charge < -0.3 is 24.7 Å². The molecule has 3 N–H and O–H groups in total. The monoisotopic (exact) mass is 364 g/mol. The minimum Gasteiger partial charge on any atom is -0.484 e. The number of amides is 1. The Hall–Kier alpha value is -3.32. The highest BCUT2D eigenvalue weighted by Gasteiger charge is 2.12. The van der Waals surface area contributed by atoms with Crippen molar-refractivity contribution in [2.75, 3.05) is 19.8 Å². The normalized spacial score (nSPS) is 11.2. The smallest absolute Gasteiger partial charge is 0.258 e. The molecule has 0 atom stereocenters. The molecule has 0 fully saturated rings. The molecule has 4 rings (SSSR count). The van der Waals surface area contributed by atoms with Gasteiger partial charge in [0.05, 0.1) is 18.0 Å². The van der Waals surface area contributed by atoms with Gasteiger partial charge in [0.1, 0.15) is 11.4 Å². The van der Waals surface area contributed by atoms with Gasteiger partial charge >= 0.3 is 0 Å². The predicted molar refractivity (Wildman–Crippen MR) is 104 cm³/mol. The van der Waals surface area contributed by atoms with Crippen LogP contribution in [-0.2, 0) is 11.8 Å². The SMILES string of the molecule is Cn1c(-c2cc3cccnc3[nH]2)cc2cc(OCC(=O)NCCO)ccc21. The van der Waals surface area contributed by atoms with E-state index in [1.165, 1.54) is 0 Å². The fraction of sp³-hybridized carbons (Fsp3) is 0.200. The molecule has 0 aliphatic carbocycles. The number of nitrogens with one attached hydrogen (secondary N) is 2. The van der Waals surface area contributed by atoms with Gasteiger partial charge in [0.25, 0.3) is 5.91 Å². The zero-order chi connectivity index (χ0) is 18.8. The number of pyridine rings is 1. The Morgan fingerprint density at radius 1 is 1.26 bits per heavy atom. The van der Waals surface area contributed by atoms with Crippen LogP contribution in [-0.4, -0.2) is 45.3 Å². The van der Waals surface area contributed by atoms with Crippen LogP contribution in [0.4, 0.5) is 0 Å². The number of aryl methyl sites for hydroxylation is 1. The van der Waals surface area contributed by atoms with Gasteiger partial charge in [-0.3, -0.25) is 4.79 Å². The van der Waals surface area contributed by atoms with Crippen molar-refractivity contribution < 1.29 is 14.6 Å². The van der Waals surface area contributed by atoms with Crippen molar-refractivity contribution in [3.8, 4) is 17.1 Å². The average Bonchev–Trinajstić information content (AvgIpc) is 3.25. The van der Waals surface area contributed by atoms with Crippen LogP contribution in [0.1, 0.15) is 0 Å². The van der Waals surface area contributed by atoms with E-state index in [2.05, 4.69) is 32.0 Å². The summed E-state index contributed by atoms with van der Waals surface area (Å²) in [5.41, 5.74) is 3.96. The second-order valence-electron chi connectivity index (χ2n) is 6.30. The van der Waals surface area contributed by atoms with Crippen LogP contribution in [0.25, 0.3) is 33.3 Å². The zero-order valence-corrected chi connectivity index (χ0v) is 14.9. The summed E-state index contributed by atoms with van der Waals surface area (Å²) in [4.78, 5) is 19.3. The number of aliphatic hydroxyl groups is 1. The molecule has 0 aliphatic heterocycles. The Labute approximate surface area is 155 Å². The minimum atomic E-state index is -0.261. The lowest BCUT2D eigenvalue weighted by Crippen LogP contribution is -2.31. The number of carbonyl (C=O) groups is 1. The van der Waals surface area contributed by atoms with E-state index in [9.17, 15) is 4.79 Å². The Kier molecular flexibility index (Phi) is 4.52. The average molecular weight is 364 g/mol. The molecule has 138 valence electrons. The van der Waals surface area contributed by atoms with Crippen LogP contribution in [0.15, 0.2) is 48.7 Å². The van der Waals surface area contributed by atoms with Gasteiger partial charge in [-0.25, -0.2) is 4.98 Å². The number of H-pyrrole nitrogens is 1. The minimum absolute atomic E-state index is 0.0844. The number of aromatic amines is 1. The van der Waals surface area contributed by atoms with Crippen LogP contribution in [0.2, 0.25) is 0 Å². The molecular weight excluding hydrogens is 344 g/mol. The van der Waals surface area contributed by atoms with E-state index in [1.807, 2.05) is 37.4 Å². The number of fused-ring (bicyclic) bond motifs is 2. The molecule has 3 aromatic heterocycles. The second-order valence-corrected chi connectivity index (χ2v) is 6.30. The molecule has 1 amide bonds. The van der Waals surface area contributed by atoms with Gasteiger partial charge in [0.2, 0.25) is 0 Å². The molecule has 0 unspecified atom stereocenters. The highest BCUT2D eigenvalue weighted by atomic mass is 16.5. The lowest BCUT2D eigenvalue weighted by molar-refractivity contribution is -0.123. The lowest BCUT2D eigenvalue weighted by atomic mass is 10.2. The van der Waals surface area contributed by atoms with Gasteiger partial charge in [-0.05, 0) is 42.5 Å². The summed E-state index contributed by atoms with van der Waals surface area (Å²) in [7, 11) is 2.01. The van der Waals surface area contributed by atoms with E-state index in [0.29, 0.717) is 5.75 Å². The van der Waals surface area contributed by atoms with Crippen LogP contribution in [0, 0.1) is 0 Å². The Balaban J connectivity index is 1.60. The van der Waals surface area contributed by atoms with E-state index in [0.717, 1.165) is 33.3 Å². The maximum atomic E-state index is 11.6. The van der Waals surface area contributed by atoms with Crippen LogP contribution < -0.4 is 10.1 Å². The number of benzene rings is 1. The van der Waals surface area contributed by atoms with E-state index >= 15 is 0 Å². The first-order valence-electron chi connectivity index (χ1n) is 8.69. The number of ether oxygens (including phenoxy) is 1. The van der Waals surface area contributed by atoms with Crippen molar-refractivity contribution in [2.24, 2.45) is 7.05 Å². The van der Waals surface area contributed by atoms with Crippen molar-refractivity contribution in [2.45, 2.75) is 0 Å². The molecule has 0 radical (unpaired) electrons. The molecule has 7 nitrogen and oxygen atoms in total. The third-order valence-corrected chi connectivity index (χ3v) is 4.49. The molecular formula is C20H20N4O3. The topological polar surface area (TPSA) is 92.2 Å². The van der Waals surface area contributed by atoms with Crippen molar-refractivity contribution in [3.63, 3.8) is 0 Å². The number of aromatic nitrogens is 3. The predicted octanol–water partition coefficient (Wildman–Crippen LogP) is 2.21. The molecule has 0 aliphatic rings. The first-order valence-corrected chi connectivity index (χ1v) is 8.69. The maximum absolute atomic E-state index is 11.6. The Bertz CT molecular complexity index is 1080. The summed E-state index contributed by atoms with van der Waals surface area (Å²) in [6, 6.07) is 13.8. The quantitative estimate of drug-likeness (QED) is 0.489. The summed E-state index contributed by atoms with van der Waals surface area (Å²) in [6.45, 7) is 0.0509. The van der Waals surface area contributed by atoms with E-state index in [-0.39, 0.29) is 25.7 Å². The van der Waals surface area contributed by atoms with Gasteiger partial charge in [0.15, 0.2) is 6.61 Å². The molecule has 0 bridgehead atoms. The summed E-state index contributed by atoms with van der Waals surface area (Å²) in [5.74, 6) is 0.362. The molecule has 4 aromatic rings. The fourth-order valence-corrected chi connectivity index (χ4v) is 3.17. The summed E-state index contributed by atoms with van der Waals surface area (Å²) in [5, 5.41) is 13.4. The number of rotatable bonds is 6. The Morgan fingerprint density at radius 2 is 2.15 bits per heavy atom. The standard InChI is InChI=1S/C20H20N4O3/c1-24-17-5-4-15(27-12-19(26)21-7-8-25)9-14(17)11-18(24)16-10-13-3-2-6-22-20(13)23-16/h2-6,9-11,25H,7-8,12H2,1H3,(H,21,26)(H,22,23). The number of hydrogen-bond acceptors (Lipinski definition) is 4. The highest BCUT2D eigenvalue weighted by molar-refractivity contribution is 5.90. The van der Waals surface area contributed by atoms with Gasteiger partial charge in [-0.15, -0.1) is 0 Å². The molecule has 27 heavy (non-hydrogen) atoms. The molecule has 0 saturated carbocycles. The number of carbonyl (C=O) groups excluding carboxylic acids is 1. The van der Waals surface area contributed by atoms with Crippen LogP contribution >= 0.6 is 0 Å². The van der Waals surface area contributed by atoms with Gasteiger partial charge in [-0.1, -0.05) is 0 Å². The molecule has 1 aromatic carbocycles. The van der Waals surface area contributed by atoms with E-state index in [1.54, 1.807) is 6.20 Å². The van der Waals surface area contributed by atoms with E-state index < -0.39 is 0 Å². The zero-order valence-electron chi connectivity index (χ0n) is 14.9. The van der Waals surface area contributed by atoms with Crippen LogP contribution in [0.5, 0.6) is 5.75 Å². The number of nitrogens with zero attached hydrogens (tertiary/aromatic N) is 2. The van der Waals surface area contributed by atoms with Crippen molar-refractivity contribution in [1.82, 2.24) is 19.9 Å². The summed E-state index contributed by atoms with van der Waals surface area (Å²) < 4.78 is 7.66. The lowest BCUT2D eigenvalue weighted by Gasteiger charge is -2.07. The molecule has 3 heterocycles. The van der Waals surface area contributed by atoms with Gasteiger partial charge in [0, 0.05) is 36.1 Å². The van der Waals surface area contributed by atoms with Crippen molar-refractivity contribution in [3.05, 3.63) is 48.7 Å². The Morgan fingerprint density at radius 3 is 2.96 bits per heavy atom. The van der Waals surface area contributed by atoms with Crippen molar-refractivity contribution >= 4 is 27.8 Å². The third-order valence-electron chi connectivity index (χ3n) is 4.49. The molecule has 7 heteroatoms. The largest absolute Gasteiger partial charge is 0.484 e. The second kappa shape index (κ2) is 7.13. The first kappa shape index (κ1) is 17.1. The molecule has 0 spiro atoms. The third kappa shape index (κ3) is 3.37. The van der Waals surface area contributed by atoms with E-state index in [4.69, 9.17) is 9.84 Å². The number of aliphatic hydroxyl groups excluding tert-OH is 1.